The molecule has 0 aliphatic rings. The number of nitrogens with one attached hydrogen (secondary N) is 1. The maximum absolute atomic E-state index is 5.37. The van der Waals surface area contributed by atoms with Gasteiger partial charge >= 0.3 is 0 Å². The van der Waals surface area contributed by atoms with Gasteiger partial charge in [0.15, 0.2) is 11.5 Å². The van der Waals surface area contributed by atoms with Crippen molar-refractivity contribution < 1.29 is 14.2 Å². The van der Waals surface area contributed by atoms with Crippen LogP contribution in [0.5, 0.6) is 11.5 Å². The molecule has 4 heteroatoms. The average molecular weight is 249 g/mol. The fourth-order valence-electron chi connectivity index (χ4n) is 1.47. The molecule has 0 aliphatic carbocycles. The largest absolute Gasteiger partial charge is 0.493 e. The molecule has 0 bridgehead atoms. The van der Waals surface area contributed by atoms with Crippen LogP contribution in [0.1, 0.15) is 5.56 Å². The third kappa shape index (κ3) is 4.66. The number of hydrogen-bond acceptors (Lipinski definition) is 4. The molecule has 0 aliphatic heterocycles. The summed E-state index contributed by atoms with van der Waals surface area (Å²) in [5.74, 6) is 3.78. The molecule has 1 aromatic rings. The Morgan fingerprint density at radius 1 is 1.28 bits per heavy atom. The van der Waals surface area contributed by atoms with Crippen molar-refractivity contribution in [3.05, 3.63) is 23.8 Å². The highest BCUT2D eigenvalue weighted by molar-refractivity contribution is 5.43. The van der Waals surface area contributed by atoms with Crippen LogP contribution in [0.3, 0.4) is 0 Å². The molecule has 0 spiro atoms. The van der Waals surface area contributed by atoms with Gasteiger partial charge in [0.25, 0.3) is 0 Å². The molecule has 18 heavy (non-hydrogen) atoms. The van der Waals surface area contributed by atoms with E-state index >= 15 is 0 Å². The smallest absolute Gasteiger partial charge is 0.162 e. The van der Waals surface area contributed by atoms with E-state index in [1.807, 2.05) is 18.2 Å². The van der Waals surface area contributed by atoms with Gasteiger partial charge in [-0.05, 0) is 17.7 Å². The Balaban J connectivity index is 2.58. The van der Waals surface area contributed by atoms with Gasteiger partial charge < -0.3 is 19.5 Å². The van der Waals surface area contributed by atoms with Crippen molar-refractivity contribution in [2.45, 2.75) is 6.54 Å². The van der Waals surface area contributed by atoms with Crippen LogP contribution in [-0.2, 0) is 11.3 Å². The number of hydrogen-bond donors (Lipinski definition) is 1. The van der Waals surface area contributed by atoms with E-state index in [9.17, 15) is 0 Å². The summed E-state index contributed by atoms with van der Waals surface area (Å²) in [6.07, 6.45) is 5.15. The Bertz CT molecular complexity index is 399. The van der Waals surface area contributed by atoms with Gasteiger partial charge in [-0.3, -0.25) is 0 Å². The lowest BCUT2D eigenvalue weighted by Crippen LogP contribution is -2.18. The second-order valence-electron chi connectivity index (χ2n) is 3.65. The standard InChI is InChI=1S/C14H19NO3/c1-4-8-18-13-6-5-12(10-14(13)17-3)11-15-7-9-16-2/h1,5-6,10,15H,7-9,11H2,2-3H3. The second-order valence-corrected chi connectivity index (χ2v) is 3.65. The first-order valence-corrected chi connectivity index (χ1v) is 5.74. The minimum atomic E-state index is 0.238. The van der Waals surface area contributed by atoms with Crippen LogP contribution in [0.2, 0.25) is 0 Å². The summed E-state index contributed by atoms with van der Waals surface area (Å²) in [4.78, 5) is 0. The van der Waals surface area contributed by atoms with Crippen molar-refractivity contribution >= 4 is 0 Å². The molecule has 0 unspecified atom stereocenters. The minimum Gasteiger partial charge on any atom is -0.493 e. The highest BCUT2D eigenvalue weighted by Gasteiger charge is 2.05. The zero-order chi connectivity index (χ0) is 13.2. The zero-order valence-corrected chi connectivity index (χ0v) is 10.9. The Kier molecular flexibility index (Phi) is 6.70. The lowest BCUT2D eigenvalue weighted by molar-refractivity contribution is 0.199. The summed E-state index contributed by atoms with van der Waals surface area (Å²) in [5.41, 5.74) is 1.12. The number of ether oxygens (including phenoxy) is 3. The van der Waals surface area contributed by atoms with E-state index in [0.29, 0.717) is 18.1 Å². The van der Waals surface area contributed by atoms with Crippen molar-refractivity contribution in [3.63, 3.8) is 0 Å². The van der Waals surface area contributed by atoms with Gasteiger partial charge in [0, 0.05) is 20.2 Å². The number of rotatable bonds is 8. The summed E-state index contributed by atoms with van der Waals surface area (Å²) in [6.45, 7) is 2.51. The van der Waals surface area contributed by atoms with Crippen LogP contribution in [0.15, 0.2) is 18.2 Å². The molecule has 1 rings (SSSR count). The van der Waals surface area contributed by atoms with Gasteiger partial charge in [0.2, 0.25) is 0 Å². The molecular weight excluding hydrogens is 230 g/mol. The van der Waals surface area contributed by atoms with Gasteiger partial charge in [-0.25, -0.2) is 0 Å². The molecule has 0 fully saturated rings. The van der Waals surface area contributed by atoms with Crippen molar-refractivity contribution in [3.8, 4) is 23.8 Å². The molecule has 0 amide bonds. The molecule has 4 nitrogen and oxygen atoms in total. The predicted molar refractivity (Wildman–Crippen MR) is 70.9 cm³/mol. The Morgan fingerprint density at radius 2 is 2.11 bits per heavy atom. The van der Waals surface area contributed by atoms with Crippen LogP contribution < -0.4 is 14.8 Å². The van der Waals surface area contributed by atoms with E-state index in [4.69, 9.17) is 20.6 Å². The lowest BCUT2D eigenvalue weighted by atomic mass is 10.2. The maximum atomic E-state index is 5.37. The molecule has 0 atom stereocenters. The Hall–Kier alpha value is -1.70. The first-order chi connectivity index (χ1) is 8.81. The Labute approximate surface area is 108 Å². The van der Waals surface area contributed by atoms with E-state index in [2.05, 4.69) is 11.2 Å². The number of methoxy groups -OCH3 is 2. The number of benzene rings is 1. The van der Waals surface area contributed by atoms with Crippen molar-refractivity contribution in [2.24, 2.45) is 0 Å². The summed E-state index contributed by atoms with van der Waals surface area (Å²) in [7, 11) is 3.29. The minimum absolute atomic E-state index is 0.238. The van der Waals surface area contributed by atoms with Crippen LogP contribution in [-0.4, -0.2) is 34.0 Å². The van der Waals surface area contributed by atoms with E-state index in [1.54, 1.807) is 14.2 Å². The molecule has 0 radical (unpaired) electrons. The highest BCUT2D eigenvalue weighted by Crippen LogP contribution is 2.27. The Morgan fingerprint density at radius 3 is 2.78 bits per heavy atom. The summed E-state index contributed by atoms with van der Waals surface area (Å²) in [6, 6.07) is 5.78. The van der Waals surface area contributed by atoms with Crippen molar-refractivity contribution in [1.82, 2.24) is 5.32 Å². The zero-order valence-electron chi connectivity index (χ0n) is 10.9. The summed E-state index contributed by atoms with van der Waals surface area (Å²) >= 11 is 0. The fourth-order valence-corrected chi connectivity index (χ4v) is 1.47. The van der Waals surface area contributed by atoms with Gasteiger partial charge in [-0.2, -0.15) is 0 Å². The van der Waals surface area contributed by atoms with Crippen LogP contribution in [0.4, 0.5) is 0 Å². The molecule has 1 aromatic carbocycles. The first kappa shape index (κ1) is 14.4. The molecule has 1 N–H and O–H groups in total. The average Bonchev–Trinajstić information content (AvgIpc) is 2.41. The highest BCUT2D eigenvalue weighted by atomic mass is 16.5. The molecule has 98 valence electrons. The topological polar surface area (TPSA) is 39.7 Å². The summed E-state index contributed by atoms with van der Waals surface area (Å²) in [5, 5.41) is 3.26. The second kappa shape index (κ2) is 8.40. The molecule has 0 aromatic heterocycles. The fraction of sp³-hybridized carbons (Fsp3) is 0.429. The number of terminal acetylenes is 1. The van der Waals surface area contributed by atoms with Gasteiger partial charge in [-0.1, -0.05) is 12.0 Å². The summed E-state index contributed by atoms with van der Waals surface area (Å²) < 4.78 is 15.6. The van der Waals surface area contributed by atoms with Crippen molar-refractivity contribution in [1.29, 1.82) is 0 Å². The predicted octanol–water partition coefficient (Wildman–Crippen LogP) is 1.44. The van der Waals surface area contributed by atoms with Crippen molar-refractivity contribution in [2.75, 3.05) is 34.0 Å². The van der Waals surface area contributed by atoms with E-state index in [0.717, 1.165) is 18.7 Å². The maximum Gasteiger partial charge on any atom is 0.162 e. The van der Waals surface area contributed by atoms with Crippen LogP contribution in [0.25, 0.3) is 0 Å². The monoisotopic (exact) mass is 249 g/mol. The van der Waals surface area contributed by atoms with Gasteiger partial charge in [-0.15, -0.1) is 6.42 Å². The quantitative estimate of drug-likeness (QED) is 0.559. The third-order valence-electron chi connectivity index (χ3n) is 2.35. The molecule has 0 saturated heterocycles. The van der Waals surface area contributed by atoms with E-state index < -0.39 is 0 Å². The molecule has 0 saturated carbocycles. The lowest BCUT2D eigenvalue weighted by Gasteiger charge is -2.11. The van der Waals surface area contributed by atoms with Crippen LogP contribution in [0, 0.1) is 12.3 Å². The normalized spacial score (nSPS) is 9.83. The molecular formula is C14H19NO3. The first-order valence-electron chi connectivity index (χ1n) is 5.74. The van der Waals surface area contributed by atoms with E-state index in [1.165, 1.54) is 0 Å². The van der Waals surface area contributed by atoms with Gasteiger partial charge in [0.1, 0.15) is 6.61 Å². The third-order valence-corrected chi connectivity index (χ3v) is 2.35. The SMILES string of the molecule is C#CCOc1ccc(CNCCOC)cc1OC. The van der Waals surface area contributed by atoms with E-state index in [-0.39, 0.29) is 6.61 Å². The van der Waals surface area contributed by atoms with Crippen LogP contribution >= 0.6 is 0 Å². The molecule has 0 heterocycles. The van der Waals surface area contributed by atoms with Gasteiger partial charge in [0.05, 0.1) is 13.7 Å².